The predicted octanol–water partition coefficient (Wildman–Crippen LogP) is 6.57. The van der Waals surface area contributed by atoms with Crippen LogP contribution in [0.1, 0.15) is 56.6 Å². The molecular weight excluding hydrogens is 746 g/mol. The van der Waals surface area contributed by atoms with Crippen molar-refractivity contribution in [3.05, 3.63) is 87.5 Å². The number of halogens is 7. The highest BCUT2D eigenvalue weighted by Crippen LogP contribution is 2.38. The summed E-state index contributed by atoms with van der Waals surface area (Å²) < 4.78 is 101. The molecule has 3 heterocycles. The third-order valence-corrected chi connectivity index (χ3v) is 8.60. The first-order valence-electron chi connectivity index (χ1n) is 16.0. The molecule has 1 fully saturated rings. The molecular formula is C35H33ClF6N8O2S. The van der Waals surface area contributed by atoms with Gasteiger partial charge in [-0.15, -0.1) is 10.2 Å². The number of aliphatic imine (C=N–C) groups is 1. The zero-order valence-electron chi connectivity index (χ0n) is 28.7. The maximum Gasteiger partial charge on any atom is 0.289 e. The zero-order valence-corrected chi connectivity index (χ0v) is 30.3. The van der Waals surface area contributed by atoms with Crippen LogP contribution in [-0.2, 0) is 22.6 Å². The number of rotatable bonds is 10. The molecule has 0 radical (unpaired) electrons. The van der Waals surface area contributed by atoms with Crippen LogP contribution in [0.25, 0.3) is 16.8 Å². The standard InChI is InChI=1S/C35H33ClF6N8O2S/c1-34(2,3)11-9-21-5-6-22(23-7-8-26(36)50-32(23)47-48-33(50)49-53(4)52)29(45-21)25(15-18-13-19(37)16-20(38)14-18)46-27(51)17-44-30-24(28(43)31(39)40)10-12-35(30,41)42/h5-8,13-14,16,25,31H,10,12,15,17,43H2,1-4H3,(H,46,51)(H,48,49). The van der Waals surface area contributed by atoms with E-state index >= 15 is 0 Å². The van der Waals surface area contributed by atoms with E-state index in [1.165, 1.54) is 16.7 Å². The Morgan fingerprint density at radius 1 is 1.13 bits per heavy atom. The van der Waals surface area contributed by atoms with Gasteiger partial charge in [0.25, 0.3) is 18.3 Å². The Balaban J connectivity index is 1.67. The predicted molar refractivity (Wildman–Crippen MR) is 190 cm³/mol. The Morgan fingerprint density at radius 3 is 2.45 bits per heavy atom. The van der Waals surface area contributed by atoms with E-state index in [2.05, 4.69) is 37.1 Å². The summed E-state index contributed by atoms with van der Waals surface area (Å²) in [6.07, 6.45) is -3.39. The van der Waals surface area contributed by atoms with Gasteiger partial charge in [0.2, 0.25) is 5.91 Å². The monoisotopic (exact) mass is 778 g/mol. The number of nitrogens with one attached hydrogen (secondary N) is 2. The number of hydrogen-bond donors (Lipinski definition) is 3. The fourth-order valence-corrected chi connectivity index (χ4v) is 6.20. The van der Waals surface area contributed by atoms with Crippen molar-refractivity contribution >= 4 is 46.2 Å². The highest BCUT2D eigenvalue weighted by Gasteiger charge is 2.45. The quantitative estimate of drug-likeness (QED) is 0.0715. The molecule has 10 nitrogen and oxygen atoms in total. The molecule has 1 aromatic carbocycles. The Kier molecular flexibility index (Phi) is 11.7. The summed E-state index contributed by atoms with van der Waals surface area (Å²) in [5, 5.41) is 11.1. The van der Waals surface area contributed by atoms with E-state index in [0.717, 1.165) is 12.1 Å². The van der Waals surface area contributed by atoms with Gasteiger partial charge in [0.1, 0.15) is 41.0 Å². The van der Waals surface area contributed by atoms with Crippen molar-refractivity contribution in [1.82, 2.24) is 24.9 Å². The van der Waals surface area contributed by atoms with Crippen molar-refractivity contribution in [1.29, 1.82) is 0 Å². The van der Waals surface area contributed by atoms with Crippen molar-refractivity contribution in [2.24, 2.45) is 16.1 Å². The van der Waals surface area contributed by atoms with E-state index in [4.69, 9.17) is 22.3 Å². The number of alkyl halides is 4. The number of hydrogen-bond acceptors (Lipinski definition) is 8. The molecule has 18 heteroatoms. The maximum absolute atomic E-state index is 14.8. The van der Waals surface area contributed by atoms with E-state index in [-0.39, 0.29) is 40.1 Å². The van der Waals surface area contributed by atoms with Gasteiger partial charge in [-0.1, -0.05) is 17.5 Å². The SMILES string of the molecule is C[S+]([O-])Nc1nnc2c(-c3ccc(C#CC(C)(C)C)nc3C(Cc3cc(F)cc(F)c3)NC(=O)CN=C3C(=C(N)C(F)F)CCC3(F)F)ccc(Cl)n12. The lowest BCUT2D eigenvalue weighted by molar-refractivity contribution is -0.120. The molecule has 0 aliphatic heterocycles. The lowest BCUT2D eigenvalue weighted by Crippen LogP contribution is -2.34. The minimum Gasteiger partial charge on any atom is -0.593 e. The van der Waals surface area contributed by atoms with Gasteiger partial charge in [0, 0.05) is 34.6 Å². The molecule has 1 saturated carbocycles. The molecule has 1 aliphatic rings. The smallest absolute Gasteiger partial charge is 0.289 e. The van der Waals surface area contributed by atoms with Crippen LogP contribution >= 0.6 is 11.6 Å². The molecule has 3 aromatic heterocycles. The molecule has 0 bridgehead atoms. The second-order valence-corrected chi connectivity index (χ2v) is 14.6. The number of nitrogens with two attached hydrogens (primary N) is 1. The van der Waals surface area contributed by atoms with Crippen LogP contribution in [0.3, 0.4) is 0 Å². The summed E-state index contributed by atoms with van der Waals surface area (Å²) in [7, 11) is 0. The van der Waals surface area contributed by atoms with Gasteiger partial charge in [-0.25, -0.2) is 26.9 Å². The third-order valence-electron chi connectivity index (χ3n) is 7.83. The summed E-state index contributed by atoms with van der Waals surface area (Å²) in [6, 6.07) is 7.89. The second-order valence-electron chi connectivity index (χ2n) is 13.1. The van der Waals surface area contributed by atoms with Crippen LogP contribution in [-0.4, -0.2) is 60.9 Å². The Bertz CT molecular complexity index is 2150. The van der Waals surface area contributed by atoms with Gasteiger partial charge < -0.3 is 15.6 Å². The minimum atomic E-state index is -3.61. The summed E-state index contributed by atoms with van der Waals surface area (Å²) in [4.78, 5) is 22.0. The summed E-state index contributed by atoms with van der Waals surface area (Å²) in [5.74, 6) is -0.244. The largest absolute Gasteiger partial charge is 0.593 e. The molecule has 0 saturated heterocycles. The first-order chi connectivity index (χ1) is 24.8. The van der Waals surface area contributed by atoms with Crippen molar-refractivity contribution in [3.8, 4) is 23.0 Å². The van der Waals surface area contributed by atoms with Gasteiger partial charge in [0.05, 0.1) is 28.8 Å². The molecule has 1 aliphatic carbocycles. The van der Waals surface area contributed by atoms with E-state index in [1.54, 1.807) is 18.2 Å². The number of allylic oxidation sites excluding steroid dienone is 2. The van der Waals surface area contributed by atoms with Crippen LogP contribution in [0, 0.1) is 28.9 Å². The Hall–Kier alpha value is -4.79. The maximum atomic E-state index is 14.8. The minimum absolute atomic E-state index is 0.0543. The highest BCUT2D eigenvalue weighted by atomic mass is 35.5. The van der Waals surface area contributed by atoms with Gasteiger partial charge in [-0.05, 0) is 81.5 Å². The summed E-state index contributed by atoms with van der Waals surface area (Å²) in [6.45, 7) is 4.71. The topological polar surface area (TPSA) is 146 Å². The van der Waals surface area contributed by atoms with Crippen LogP contribution < -0.4 is 15.8 Å². The van der Waals surface area contributed by atoms with Crippen molar-refractivity contribution in [2.75, 3.05) is 17.5 Å². The normalized spacial score (nSPS) is 17.1. The number of nitrogens with zero attached hydrogens (tertiary/aromatic N) is 5. The fourth-order valence-electron chi connectivity index (χ4n) is 5.59. The molecule has 2 atom stereocenters. The highest BCUT2D eigenvalue weighted by molar-refractivity contribution is 7.91. The molecule has 5 rings (SSSR count). The molecule has 2 unspecified atom stereocenters. The number of pyridine rings is 2. The Labute approximate surface area is 308 Å². The average Bonchev–Trinajstić information content (AvgIpc) is 3.61. The van der Waals surface area contributed by atoms with Gasteiger partial charge in [-0.3, -0.25) is 9.79 Å². The molecule has 0 spiro atoms. The van der Waals surface area contributed by atoms with Crippen LogP contribution in [0.15, 0.2) is 58.7 Å². The van der Waals surface area contributed by atoms with E-state index in [0.29, 0.717) is 17.2 Å². The molecule has 1 amide bonds. The number of fused-ring (bicyclic) bond motifs is 1. The first kappa shape index (κ1) is 39.4. The lowest BCUT2D eigenvalue weighted by Gasteiger charge is -2.22. The Morgan fingerprint density at radius 2 is 1.81 bits per heavy atom. The number of carbonyl (C=O) groups excluding carboxylic acids is 1. The van der Waals surface area contributed by atoms with Gasteiger partial charge in [0.15, 0.2) is 5.65 Å². The van der Waals surface area contributed by atoms with Crippen molar-refractivity contribution < 1.29 is 35.7 Å². The van der Waals surface area contributed by atoms with Gasteiger partial charge >= 0.3 is 0 Å². The first-order valence-corrected chi connectivity index (χ1v) is 17.9. The number of benzene rings is 1. The van der Waals surface area contributed by atoms with Gasteiger partial charge in [-0.2, -0.15) is 13.5 Å². The number of aromatic nitrogens is 4. The number of anilines is 1. The molecule has 280 valence electrons. The van der Waals surface area contributed by atoms with E-state index in [9.17, 15) is 35.7 Å². The van der Waals surface area contributed by atoms with E-state index in [1.807, 2.05) is 20.8 Å². The molecule has 4 aromatic rings. The molecule has 53 heavy (non-hydrogen) atoms. The van der Waals surface area contributed by atoms with E-state index < -0.39 is 89.1 Å². The summed E-state index contributed by atoms with van der Waals surface area (Å²) >= 11 is 4.93. The van der Waals surface area contributed by atoms with Crippen molar-refractivity contribution in [2.45, 2.75) is 58.4 Å². The fraction of sp³-hybridized carbons (Fsp3) is 0.343. The lowest BCUT2D eigenvalue weighted by atomic mass is 9.94. The molecule has 4 N–H and O–H groups in total. The second kappa shape index (κ2) is 15.7. The number of amides is 1. The summed E-state index contributed by atoms with van der Waals surface area (Å²) in [5.41, 5.74) is 3.70. The number of carbonyl (C=O) groups is 1. The zero-order chi connectivity index (χ0) is 38.8. The van der Waals surface area contributed by atoms with Crippen LogP contribution in [0.4, 0.5) is 32.3 Å². The van der Waals surface area contributed by atoms with Crippen LogP contribution in [0.5, 0.6) is 0 Å². The third kappa shape index (κ3) is 9.42. The average molecular weight is 779 g/mol. The van der Waals surface area contributed by atoms with Crippen molar-refractivity contribution in [3.63, 3.8) is 0 Å². The van der Waals surface area contributed by atoms with Crippen LogP contribution in [0.2, 0.25) is 5.15 Å².